The topological polar surface area (TPSA) is 86.7 Å². The summed E-state index contributed by atoms with van der Waals surface area (Å²) in [6, 6.07) is 18.3. The van der Waals surface area contributed by atoms with Crippen molar-refractivity contribution in [3.05, 3.63) is 87.8 Å². The van der Waals surface area contributed by atoms with Gasteiger partial charge in [0.15, 0.2) is 0 Å². The Morgan fingerprint density at radius 2 is 1.32 bits per heavy atom. The van der Waals surface area contributed by atoms with Gasteiger partial charge in [0.2, 0.25) is 0 Å². The zero-order chi connectivity index (χ0) is 21.8. The van der Waals surface area contributed by atoms with Gasteiger partial charge in [0, 0.05) is 46.9 Å². The first kappa shape index (κ1) is 20.7. The number of urea groups is 2. The predicted molar refractivity (Wildman–Crippen MR) is 122 cm³/mol. The molecule has 2 heterocycles. The Morgan fingerprint density at radius 1 is 0.774 bits per heavy atom. The van der Waals surface area contributed by atoms with Crippen molar-refractivity contribution in [2.75, 3.05) is 23.7 Å². The lowest BCUT2D eigenvalue weighted by Gasteiger charge is -2.28. The monoisotopic (exact) mass is 481 g/mol. The average Bonchev–Trinajstić information content (AvgIpc) is 3.27. The van der Waals surface area contributed by atoms with E-state index in [0.717, 1.165) is 4.47 Å². The van der Waals surface area contributed by atoms with Crippen LogP contribution in [0.2, 0.25) is 0 Å². The highest BCUT2D eigenvalue weighted by Crippen LogP contribution is 2.19. The lowest BCUT2D eigenvalue weighted by Crippen LogP contribution is -2.48. The van der Waals surface area contributed by atoms with Crippen LogP contribution < -0.4 is 16.2 Å². The summed E-state index contributed by atoms with van der Waals surface area (Å²) in [6.07, 6.45) is 2.37. The van der Waals surface area contributed by atoms with E-state index in [4.69, 9.17) is 0 Å². The summed E-state index contributed by atoms with van der Waals surface area (Å²) in [6.45, 7) is 0.892. The third kappa shape index (κ3) is 4.77. The second-order valence-electron chi connectivity index (χ2n) is 6.92. The highest BCUT2D eigenvalue weighted by Gasteiger charge is 2.30. The molecule has 0 radical (unpaired) electrons. The maximum Gasteiger partial charge on any atom is 0.340 e. The van der Waals surface area contributed by atoms with Crippen LogP contribution in [0.5, 0.6) is 0 Å². The number of aromatic nitrogens is 1. The van der Waals surface area contributed by atoms with Gasteiger partial charge in [0.1, 0.15) is 0 Å². The van der Waals surface area contributed by atoms with Gasteiger partial charge in [-0.25, -0.2) is 19.6 Å². The smallest absolute Gasteiger partial charge is 0.306 e. The molecule has 1 saturated heterocycles. The van der Waals surface area contributed by atoms with Gasteiger partial charge >= 0.3 is 12.1 Å². The van der Waals surface area contributed by atoms with E-state index in [1.165, 1.54) is 20.7 Å². The molecule has 9 heteroatoms. The SMILES string of the molecule is O=C(Nc1ccc(Br)cc1)N1CCCN1C(=O)Nc1ccc(-n2ccccc2=O)cc1. The molecule has 0 unspecified atom stereocenters. The highest BCUT2D eigenvalue weighted by molar-refractivity contribution is 9.10. The minimum absolute atomic E-state index is 0.135. The van der Waals surface area contributed by atoms with E-state index in [1.807, 2.05) is 12.1 Å². The number of amides is 4. The number of benzene rings is 2. The lowest BCUT2D eigenvalue weighted by atomic mass is 10.2. The molecule has 4 rings (SSSR count). The number of hydrogen-bond donors (Lipinski definition) is 2. The standard InChI is InChI=1S/C22H20BrN5O3/c23-16-5-7-17(8-6-16)24-21(30)27-14-3-15-28(27)22(31)25-18-9-11-19(12-10-18)26-13-2-1-4-20(26)29/h1-2,4-13H,3,14-15H2,(H,24,30)(H,25,31). The van der Waals surface area contributed by atoms with Gasteiger partial charge in [-0.05, 0) is 61.0 Å². The van der Waals surface area contributed by atoms with Gasteiger partial charge in [-0.1, -0.05) is 22.0 Å². The second-order valence-corrected chi connectivity index (χ2v) is 7.84. The Kier molecular flexibility index (Phi) is 6.03. The highest BCUT2D eigenvalue weighted by atomic mass is 79.9. The quantitative estimate of drug-likeness (QED) is 0.584. The van der Waals surface area contributed by atoms with Crippen molar-refractivity contribution in [2.45, 2.75) is 6.42 Å². The van der Waals surface area contributed by atoms with Crippen LogP contribution in [0.3, 0.4) is 0 Å². The van der Waals surface area contributed by atoms with E-state index < -0.39 is 6.03 Å². The molecule has 0 aliphatic carbocycles. The minimum atomic E-state index is -0.395. The first-order valence-corrected chi connectivity index (χ1v) is 10.5. The van der Waals surface area contributed by atoms with Crippen molar-refractivity contribution < 1.29 is 9.59 Å². The fourth-order valence-corrected chi connectivity index (χ4v) is 3.55. The van der Waals surface area contributed by atoms with E-state index in [9.17, 15) is 14.4 Å². The Labute approximate surface area is 187 Å². The number of halogens is 1. The van der Waals surface area contributed by atoms with Crippen molar-refractivity contribution in [3.63, 3.8) is 0 Å². The molecule has 3 aromatic rings. The van der Waals surface area contributed by atoms with Gasteiger partial charge in [0.05, 0.1) is 0 Å². The molecule has 1 aliphatic heterocycles. The number of pyridine rings is 1. The summed E-state index contributed by atoms with van der Waals surface area (Å²) < 4.78 is 2.43. The maximum absolute atomic E-state index is 12.8. The fourth-order valence-electron chi connectivity index (χ4n) is 3.29. The molecule has 1 aliphatic rings. The molecule has 8 nitrogen and oxygen atoms in total. The number of hydrogen-bond acceptors (Lipinski definition) is 3. The van der Waals surface area contributed by atoms with Gasteiger partial charge in [0.25, 0.3) is 5.56 Å². The van der Waals surface area contributed by atoms with E-state index in [2.05, 4.69) is 26.6 Å². The van der Waals surface area contributed by atoms with Crippen LogP contribution in [0.15, 0.2) is 82.2 Å². The molecule has 158 valence electrons. The summed E-state index contributed by atoms with van der Waals surface area (Å²) >= 11 is 3.36. The first-order chi connectivity index (χ1) is 15.0. The number of rotatable bonds is 3. The molecule has 31 heavy (non-hydrogen) atoms. The maximum atomic E-state index is 12.8. The molecule has 1 aromatic heterocycles. The van der Waals surface area contributed by atoms with E-state index in [-0.39, 0.29) is 11.6 Å². The summed E-state index contributed by atoms with van der Waals surface area (Å²) in [5.41, 5.74) is 1.77. The van der Waals surface area contributed by atoms with Crippen molar-refractivity contribution in [1.82, 2.24) is 14.6 Å². The molecule has 0 atom stereocenters. The molecular formula is C22H20BrN5O3. The molecule has 2 N–H and O–H groups in total. The number of carbonyl (C=O) groups excluding carboxylic acids is 2. The predicted octanol–water partition coefficient (Wildman–Crippen LogP) is 4.29. The normalized spacial score (nSPS) is 13.2. The van der Waals surface area contributed by atoms with E-state index >= 15 is 0 Å². The van der Waals surface area contributed by atoms with E-state index in [0.29, 0.717) is 36.6 Å². The van der Waals surface area contributed by atoms with Crippen molar-refractivity contribution in [1.29, 1.82) is 0 Å². The average molecular weight is 482 g/mol. The number of carbonyl (C=O) groups is 2. The summed E-state index contributed by atoms with van der Waals surface area (Å²) in [5.74, 6) is 0. The van der Waals surface area contributed by atoms with Crippen molar-refractivity contribution in [3.8, 4) is 5.69 Å². The van der Waals surface area contributed by atoms with Crippen LogP contribution in [0.25, 0.3) is 5.69 Å². The summed E-state index contributed by atoms with van der Waals surface area (Å²) in [4.78, 5) is 37.4. The molecule has 2 aromatic carbocycles. The number of nitrogens with one attached hydrogen (secondary N) is 2. The molecule has 0 spiro atoms. The Hall–Kier alpha value is -3.59. The number of hydrazine groups is 1. The zero-order valence-electron chi connectivity index (χ0n) is 16.5. The van der Waals surface area contributed by atoms with Gasteiger partial charge in [-0.3, -0.25) is 9.36 Å². The molecule has 1 fully saturated rings. The number of nitrogens with zero attached hydrogens (tertiary/aromatic N) is 3. The second kappa shape index (κ2) is 9.05. The van der Waals surface area contributed by atoms with Gasteiger partial charge in [-0.2, -0.15) is 0 Å². The molecule has 4 amide bonds. The Bertz CT molecular complexity index is 1140. The van der Waals surface area contributed by atoms with Crippen LogP contribution in [-0.4, -0.2) is 39.7 Å². The van der Waals surface area contributed by atoms with Crippen LogP contribution in [0.4, 0.5) is 21.0 Å². The Morgan fingerprint density at radius 3 is 1.87 bits per heavy atom. The molecule has 0 saturated carbocycles. The van der Waals surface area contributed by atoms with Crippen LogP contribution in [0.1, 0.15) is 6.42 Å². The summed E-state index contributed by atoms with van der Waals surface area (Å²) in [7, 11) is 0. The van der Waals surface area contributed by atoms with Crippen molar-refractivity contribution >= 4 is 39.4 Å². The first-order valence-electron chi connectivity index (χ1n) is 9.72. The van der Waals surface area contributed by atoms with Crippen molar-refractivity contribution in [2.24, 2.45) is 0 Å². The Balaban J connectivity index is 1.41. The largest absolute Gasteiger partial charge is 0.340 e. The third-order valence-electron chi connectivity index (χ3n) is 4.81. The molecule has 0 bridgehead atoms. The molecular weight excluding hydrogens is 462 g/mol. The van der Waals surface area contributed by atoms with E-state index in [1.54, 1.807) is 54.7 Å². The van der Waals surface area contributed by atoms with Gasteiger partial charge in [-0.15, -0.1) is 0 Å². The van der Waals surface area contributed by atoms with Gasteiger partial charge < -0.3 is 10.6 Å². The summed E-state index contributed by atoms with van der Waals surface area (Å²) in [5, 5.41) is 8.40. The zero-order valence-corrected chi connectivity index (χ0v) is 18.1. The lowest BCUT2D eigenvalue weighted by molar-refractivity contribution is 0.103. The van der Waals surface area contributed by atoms with Crippen LogP contribution in [0, 0.1) is 0 Å². The fraction of sp³-hybridized carbons (Fsp3) is 0.136. The van der Waals surface area contributed by atoms with Crippen LogP contribution in [-0.2, 0) is 0 Å². The van der Waals surface area contributed by atoms with Crippen LogP contribution >= 0.6 is 15.9 Å². The number of anilines is 2. The third-order valence-corrected chi connectivity index (χ3v) is 5.34. The minimum Gasteiger partial charge on any atom is -0.306 e.